The van der Waals surface area contributed by atoms with Gasteiger partial charge in [0.05, 0.1) is 29.1 Å². The number of fused-ring (bicyclic) bond motifs is 1. The molecule has 4 N–H and O–H groups in total. The fourth-order valence-electron chi connectivity index (χ4n) is 5.50. The van der Waals surface area contributed by atoms with E-state index in [4.69, 9.17) is 0 Å². The maximum absolute atomic E-state index is 15.2. The third kappa shape index (κ3) is 6.14. The monoisotopic (exact) mass is 584 g/mol. The summed E-state index contributed by atoms with van der Waals surface area (Å²) in [5, 5.41) is 7.43. The van der Waals surface area contributed by atoms with E-state index in [0.29, 0.717) is 42.5 Å². The maximum Gasteiger partial charge on any atom is 0.229 e. The smallest absolute Gasteiger partial charge is 0.229 e. The van der Waals surface area contributed by atoms with Gasteiger partial charge in [0.25, 0.3) is 0 Å². The minimum atomic E-state index is -2.58. The van der Waals surface area contributed by atoms with Crippen molar-refractivity contribution in [3.05, 3.63) is 66.1 Å². The molecule has 2 saturated heterocycles. The second kappa shape index (κ2) is 11.1. The number of anilines is 3. The van der Waals surface area contributed by atoms with E-state index in [1.807, 2.05) is 17.0 Å². The van der Waals surface area contributed by atoms with Gasteiger partial charge in [-0.25, -0.2) is 18.7 Å². The lowest BCUT2D eigenvalue weighted by Gasteiger charge is -2.41. The Hall–Kier alpha value is -3.36. The van der Waals surface area contributed by atoms with Crippen LogP contribution in [-0.2, 0) is 6.54 Å². The van der Waals surface area contributed by atoms with Crippen molar-refractivity contribution in [3.63, 3.8) is 0 Å². The van der Waals surface area contributed by atoms with E-state index in [0.717, 1.165) is 30.0 Å². The summed E-state index contributed by atoms with van der Waals surface area (Å²) in [6.07, 6.45) is 5.11. The van der Waals surface area contributed by atoms with Crippen LogP contribution in [0.3, 0.4) is 0 Å². The zero-order valence-electron chi connectivity index (χ0n) is 23.0. The molecule has 2 aliphatic heterocycles. The predicted molar refractivity (Wildman–Crippen MR) is 158 cm³/mol. The maximum atomic E-state index is 15.2. The molecule has 1 aromatic carbocycles. The highest BCUT2D eigenvalue weighted by molar-refractivity contribution is 8.24. The number of aromatic nitrogens is 4. The van der Waals surface area contributed by atoms with Crippen molar-refractivity contribution in [3.8, 4) is 5.69 Å². The first kappa shape index (κ1) is 27.8. The summed E-state index contributed by atoms with van der Waals surface area (Å²) in [5.74, 6) is 0.357. The van der Waals surface area contributed by atoms with Crippen molar-refractivity contribution < 1.29 is 17.9 Å². The number of piperazine rings is 1. The topological polar surface area (TPSA) is 115 Å². The Morgan fingerprint density at radius 2 is 1.71 bits per heavy atom. The summed E-state index contributed by atoms with van der Waals surface area (Å²) in [6.45, 7) is 6.92. The SMILES string of the molecule is CC1CN(c2ccc(Nc3ncc4ccn(-c5cc(F)c(CN6CCS(O)(O)CC6)c(F)c5)c4n3)cn2)CC(C)N1. The van der Waals surface area contributed by atoms with Crippen LogP contribution < -0.4 is 15.5 Å². The average molecular weight is 585 g/mol. The Balaban J connectivity index is 1.19. The van der Waals surface area contributed by atoms with Gasteiger partial charge in [-0.05, 0) is 44.2 Å². The molecular weight excluding hydrogens is 550 g/mol. The highest BCUT2D eigenvalue weighted by Gasteiger charge is 2.25. The van der Waals surface area contributed by atoms with Gasteiger partial charge in [-0.2, -0.15) is 15.6 Å². The molecule has 0 aliphatic carbocycles. The molecule has 0 radical (unpaired) electrons. The van der Waals surface area contributed by atoms with E-state index in [1.165, 1.54) is 12.1 Å². The van der Waals surface area contributed by atoms with Gasteiger partial charge in [-0.3, -0.25) is 14.0 Å². The van der Waals surface area contributed by atoms with Crippen LogP contribution in [0.2, 0.25) is 0 Å². The molecule has 2 aliphatic rings. The van der Waals surface area contributed by atoms with Crippen LogP contribution >= 0.6 is 10.6 Å². The molecule has 6 rings (SSSR count). The Morgan fingerprint density at radius 1 is 1.00 bits per heavy atom. The summed E-state index contributed by atoms with van der Waals surface area (Å²) < 4.78 is 51.6. The second-order valence-electron chi connectivity index (χ2n) is 10.9. The second-order valence-corrected chi connectivity index (χ2v) is 13.4. The van der Waals surface area contributed by atoms with Crippen molar-refractivity contribution in [2.75, 3.05) is 47.9 Å². The highest BCUT2D eigenvalue weighted by atomic mass is 32.3. The summed E-state index contributed by atoms with van der Waals surface area (Å²) >= 11 is 0. The van der Waals surface area contributed by atoms with E-state index >= 15 is 8.78 Å². The van der Waals surface area contributed by atoms with E-state index in [1.54, 1.807) is 29.2 Å². The standard InChI is InChI=1S/C28H34F2N8O2S/c1-18-15-37(16-19(2)33-18)26-4-3-21(14-31-26)34-28-32-13-20-5-6-38(27(20)35-28)22-11-24(29)23(25(30)12-22)17-36-7-9-41(39,40)10-8-36/h3-6,11-14,18-19,33,39-40H,7-10,15-17H2,1-2H3,(H,32,34,35). The molecule has 0 spiro atoms. The quantitative estimate of drug-likeness (QED) is 0.258. The lowest BCUT2D eigenvalue weighted by Crippen LogP contribution is -2.54. The van der Waals surface area contributed by atoms with Crippen molar-refractivity contribution in [2.45, 2.75) is 32.5 Å². The van der Waals surface area contributed by atoms with E-state index < -0.39 is 22.2 Å². The summed E-state index contributed by atoms with van der Waals surface area (Å²) in [4.78, 5) is 17.7. The summed E-state index contributed by atoms with van der Waals surface area (Å²) in [5.41, 5.74) is 1.49. The van der Waals surface area contributed by atoms with Gasteiger partial charge in [0.15, 0.2) is 0 Å². The van der Waals surface area contributed by atoms with Crippen LogP contribution in [0.5, 0.6) is 0 Å². The summed E-state index contributed by atoms with van der Waals surface area (Å²) in [6, 6.07) is 9.05. The number of nitrogens with zero attached hydrogens (tertiary/aromatic N) is 6. The van der Waals surface area contributed by atoms with Gasteiger partial charge in [-0.15, -0.1) is 0 Å². The largest absolute Gasteiger partial charge is 0.354 e. The third-order valence-corrected chi connectivity index (χ3v) is 9.24. The van der Waals surface area contributed by atoms with Gasteiger partial charge in [0, 0.05) is 68.2 Å². The Kier molecular flexibility index (Phi) is 7.55. The molecule has 2 atom stereocenters. The minimum absolute atomic E-state index is 0.0405. The van der Waals surface area contributed by atoms with Crippen LogP contribution in [0.15, 0.2) is 48.9 Å². The first-order chi connectivity index (χ1) is 19.6. The van der Waals surface area contributed by atoms with Crippen molar-refractivity contribution in [1.82, 2.24) is 29.7 Å². The van der Waals surface area contributed by atoms with E-state index in [9.17, 15) is 9.11 Å². The van der Waals surface area contributed by atoms with Crippen molar-refractivity contribution in [2.24, 2.45) is 0 Å². The van der Waals surface area contributed by atoms with Crippen LogP contribution in [0, 0.1) is 11.6 Å². The van der Waals surface area contributed by atoms with Crippen LogP contribution in [0.25, 0.3) is 16.7 Å². The number of nitrogens with one attached hydrogen (secondary N) is 2. The molecular formula is C28H34F2N8O2S. The first-order valence-corrected chi connectivity index (χ1v) is 15.5. The lowest BCUT2D eigenvalue weighted by atomic mass is 10.1. The molecule has 4 aromatic rings. The lowest BCUT2D eigenvalue weighted by molar-refractivity contribution is 0.270. The highest BCUT2D eigenvalue weighted by Crippen LogP contribution is 2.40. The van der Waals surface area contributed by atoms with Crippen LogP contribution in [0.4, 0.5) is 26.2 Å². The summed E-state index contributed by atoms with van der Waals surface area (Å²) in [7, 11) is -2.58. The molecule has 10 nitrogen and oxygen atoms in total. The molecule has 0 bridgehead atoms. The first-order valence-electron chi connectivity index (χ1n) is 13.7. The fraction of sp³-hybridized carbons (Fsp3) is 0.393. The van der Waals surface area contributed by atoms with Gasteiger partial charge in [-0.1, -0.05) is 0 Å². The van der Waals surface area contributed by atoms with Crippen LogP contribution in [-0.4, -0.2) is 83.3 Å². The Bertz CT molecular complexity index is 1510. The molecule has 13 heteroatoms. The molecule has 41 heavy (non-hydrogen) atoms. The number of hydrogen-bond donors (Lipinski definition) is 4. The van der Waals surface area contributed by atoms with Gasteiger partial charge in [0.1, 0.15) is 23.1 Å². The molecule has 0 amide bonds. The molecule has 218 valence electrons. The molecule has 3 aromatic heterocycles. The number of benzene rings is 1. The zero-order valence-corrected chi connectivity index (χ0v) is 23.8. The van der Waals surface area contributed by atoms with E-state index in [2.05, 4.69) is 44.3 Å². The van der Waals surface area contributed by atoms with Crippen molar-refractivity contribution >= 4 is 39.1 Å². The normalized spacial score (nSPS) is 22.1. The zero-order chi connectivity index (χ0) is 28.7. The van der Waals surface area contributed by atoms with Gasteiger partial charge < -0.3 is 20.1 Å². The molecule has 2 fully saturated rings. The predicted octanol–water partition coefficient (Wildman–Crippen LogP) is 4.59. The minimum Gasteiger partial charge on any atom is -0.354 e. The number of halogens is 2. The van der Waals surface area contributed by atoms with E-state index in [-0.39, 0.29) is 23.6 Å². The van der Waals surface area contributed by atoms with Gasteiger partial charge >= 0.3 is 0 Å². The number of rotatable bonds is 6. The Morgan fingerprint density at radius 3 is 2.37 bits per heavy atom. The molecule has 0 saturated carbocycles. The Labute approximate surface area is 238 Å². The number of pyridine rings is 1. The number of hydrogen-bond acceptors (Lipinski definition) is 9. The molecule has 5 heterocycles. The van der Waals surface area contributed by atoms with Gasteiger partial charge in [0.2, 0.25) is 5.95 Å². The molecule has 2 unspecified atom stereocenters. The fourth-order valence-corrected chi connectivity index (χ4v) is 6.81. The average Bonchev–Trinajstić information content (AvgIpc) is 3.35. The third-order valence-electron chi connectivity index (χ3n) is 7.57. The van der Waals surface area contributed by atoms with Crippen molar-refractivity contribution in [1.29, 1.82) is 0 Å². The van der Waals surface area contributed by atoms with Crippen LogP contribution in [0.1, 0.15) is 19.4 Å².